The minimum atomic E-state index is 0.483. The molecular weight excluding hydrogens is 272 g/mol. The molecule has 0 saturated carbocycles. The molecule has 0 bridgehead atoms. The topological polar surface area (TPSA) is 44.2 Å². The van der Waals surface area contributed by atoms with E-state index in [2.05, 4.69) is 9.97 Å². The molecule has 20 heavy (non-hydrogen) atoms. The standard InChI is InChI=1S/C15H14N2O2S/c1-2-18-12-5-3-11(4-6-12)9-19-15-14-13(7-8-20-14)16-10-17-15/h3-8,10H,2,9H2,1H3. The normalized spacial score (nSPS) is 10.7. The highest BCUT2D eigenvalue weighted by Gasteiger charge is 2.06. The molecule has 0 unspecified atom stereocenters. The number of ether oxygens (including phenoxy) is 2. The molecule has 0 aliphatic carbocycles. The zero-order valence-electron chi connectivity index (χ0n) is 11.1. The summed E-state index contributed by atoms with van der Waals surface area (Å²) in [6, 6.07) is 9.85. The van der Waals surface area contributed by atoms with Gasteiger partial charge in [-0.15, -0.1) is 11.3 Å². The van der Waals surface area contributed by atoms with Gasteiger partial charge in [-0.3, -0.25) is 0 Å². The number of fused-ring (bicyclic) bond motifs is 1. The van der Waals surface area contributed by atoms with E-state index in [0.717, 1.165) is 21.5 Å². The van der Waals surface area contributed by atoms with Crippen molar-refractivity contribution < 1.29 is 9.47 Å². The molecule has 3 aromatic rings. The lowest BCUT2D eigenvalue weighted by molar-refractivity contribution is 0.297. The molecule has 102 valence electrons. The number of hydrogen-bond acceptors (Lipinski definition) is 5. The zero-order valence-corrected chi connectivity index (χ0v) is 11.9. The van der Waals surface area contributed by atoms with Gasteiger partial charge in [0.15, 0.2) is 0 Å². The maximum atomic E-state index is 5.78. The average Bonchev–Trinajstić information content (AvgIpc) is 2.96. The first-order valence-corrected chi connectivity index (χ1v) is 7.27. The number of hydrogen-bond donors (Lipinski definition) is 0. The number of rotatable bonds is 5. The quantitative estimate of drug-likeness (QED) is 0.718. The van der Waals surface area contributed by atoms with Crippen molar-refractivity contribution in [2.75, 3.05) is 6.61 Å². The molecule has 0 amide bonds. The van der Waals surface area contributed by atoms with Crippen LogP contribution in [0, 0.1) is 0 Å². The molecule has 0 saturated heterocycles. The second kappa shape index (κ2) is 5.88. The first kappa shape index (κ1) is 12.9. The SMILES string of the molecule is CCOc1ccc(COc2ncnc3ccsc23)cc1. The third kappa shape index (κ3) is 2.72. The van der Waals surface area contributed by atoms with Gasteiger partial charge in [0, 0.05) is 0 Å². The van der Waals surface area contributed by atoms with Crippen LogP contribution in [-0.2, 0) is 6.61 Å². The van der Waals surface area contributed by atoms with Gasteiger partial charge in [-0.2, -0.15) is 0 Å². The van der Waals surface area contributed by atoms with E-state index in [1.54, 1.807) is 11.3 Å². The zero-order chi connectivity index (χ0) is 13.8. The minimum absolute atomic E-state index is 0.483. The molecule has 0 spiro atoms. The van der Waals surface area contributed by atoms with Gasteiger partial charge in [-0.1, -0.05) is 12.1 Å². The molecule has 0 aliphatic rings. The van der Waals surface area contributed by atoms with Crippen molar-refractivity contribution in [3.05, 3.63) is 47.6 Å². The van der Waals surface area contributed by atoms with Crippen LogP contribution in [-0.4, -0.2) is 16.6 Å². The Morgan fingerprint density at radius 2 is 1.90 bits per heavy atom. The van der Waals surface area contributed by atoms with Crippen LogP contribution < -0.4 is 9.47 Å². The van der Waals surface area contributed by atoms with Crippen molar-refractivity contribution in [1.82, 2.24) is 9.97 Å². The van der Waals surface area contributed by atoms with E-state index in [1.165, 1.54) is 6.33 Å². The lowest BCUT2D eigenvalue weighted by Gasteiger charge is -2.07. The lowest BCUT2D eigenvalue weighted by atomic mass is 10.2. The van der Waals surface area contributed by atoms with E-state index < -0.39 is 0 Å². The molecular formula is C15H14N2O2S. The number of aromatic nitrogens is 2. The summed E-state index contributed by atoms with van der Waals surface area (Å²) in [5.74, 6) is 1.51. The van der Waals surface area contributed by atoms with Crippen molar-refractivity contribution >= 4 is 21.6 Å². The number of nitrogens with zero attached hydrogens (tertiary/aromatic N) is 2. The Balaban J connectivity index is 1.71. The van der Waals surface area contributed by atoms with Crippen LogP contribution in [0.1, 0.15) is 12.5 Å². The van der Waals surface area contributed by atoms with E-state index in [1.807, 2.05) is 42.6 Å². The monoisotopic (exact) mass is 286 g/mol. The fourth-order valence-corrected chi connectivity index (χ4v) is 2.66. The van der Waals surface area contributed by atoms with Gasteiger partial charge in [0.2, 0.25) is 5.88 Å². The van der Waals surface area contributed by atoms with Crippen molar-refractivity contribution in [2.24, 2.45) is 0 Å². The summed E-state index contributed by atoms with van der Waals surface area (Å²) in [5, 5.41) is 1.99. The van der Waals surface area contributed by atoms with E-state index >= 15 is 0 Å². The Morgan fingerprint density at radius 3 is 2.70 bits per heavy atom. The second-order valence-electron chi connectivity index (χ2n) is 4.18. The van der Waals surface area contributed by atoms with Gasteiger partial charge in [0.05, 0.1) is 12.1 Å². The van der Waals surface area contributed by atoms with Crippen molar-refractivity contribution in [3.8, 4) is 11.6 Å². The van der Waals surface area contributed by atoms with E-state index in [0.29, 0.717) is 19.1 Å². The summed E-state index contributed by atoms with van der Waals surface area (Å²) < 4.78 is 12.2. The largest absolute Gasteiger partial charge is 0.494 e. The highest BCUT2D eigenvalue weighted by atomic mass is 32.1. The number of benzene rings is 1. The Labute approximate surface area is 121 Å². The van der Waals surface area contributed by atoms with Gasteiger partial charge in [-0.05, 0) is 36.1 Å². The molecule has 5 heteroatoms. The molecule has 0 atom stereocenters. The molecule has 2 aromatic heterocycles. The minimum Gasteiger partial charge on any atom is -0.494 e. The molecule has 0 N–H and O–H groups in total. The first-order chi connectivity index (χ1) is 9.86. The summed E-state index contributed by atoms with van der Waals surface area (Å²) in [6.45, 7) is 3.13. The smallest absolute Gasteiger partial charge is 0.235 e. The van der Waals surface area contributed by atoms with Crippen LogP contribution in [0.25, 0.3) is 10.2 Å². The molecule has 1 aromatic carbocycles. The van der Waals surface area contributed by atoms with E-state index in [4.69, 9.17) is 9.47 Å². The van der Waals surface area contributed by atoms with Gasteiger partial charge in [0.1, 0.15) is 23.4 Å². The summed E-state index contributed by atoms with van der Waals surface area (Å²) in [6.07, 6.45) is 1.53. The van der Waals surface area contributed by atoms with Crippen LogP contribution in [0.2, 0.25) is 0 Å². The predicted molar refractivity (Wildman–Crippen MR) is 79.4 cm³/mol. The van der Waals surface area contributed by atoms with Gasteiger partial charge in [0.25, 0.3) is 0 Å². The second-order valence-corrected chi connectivity index (χ2v) is 5.10. The van der Waals surface area contributed by atoms with Crippen molar-refractivity contribution in [1.29, 1.82) is 0 Å². The Hall–Kier alpha value is -2.14. The summed E-state index contributed by atoms with van der Waals surface area (Å²) in [4.78, 5) is 8.39. The fraction of sp³-hybridized carbons (Fsp3) is 0.200. The first-order valence-electron chi connectivity index (χ1n) is 6.39. The maximum Gasteiger partial charge on any atom is 0.235 e. The highest BCUT2D eigenvalue weighted by molar-refractivity contribution is 7.17. The predicted octanol–water partition coefficient (Wildman–Crippen LogP) is 3.67. The molecule has 0 fully saturated rings. The Kier molecular flexibility index (Phi) is 3.78. The molecule has 3 rings (SSSR count). The highest BCUT2D eigenvalue weighted by Crippen LogP contribution is 2.27. The van der Waals surface area contributed by atoms with Crippen LogP contribution >= 0.6 is 11.3 Å². The molecule has 0 radical (unpaired) electrons. The van der Waals surface area contributed by atoms with Crippen LogP contribution in [0.5, 0.6) is 11.6 Å². The fourth-order valence-electron chi connectivity index (χ4n) is 1.87. The van der Waals surface area contributed by atoms with Gasteiger partial charge in [-0.25, -0.2) is 9.97 Å². The van der Waals surface area contributed by atoms with Crippen LogP contribution in [0.4, 0.5) is 0 Å². The maximum absolute atomic E-state index is 5.78. The van der Waals surface area contributed by atoms with Crippen molar-refractivity contribution in [2.45, 2.75) is 13.5 Å². The summed E-state index contributed by atoms with van der Waals surface area (Å²) >= 11 is 1.59. The summed E-state index contributed by atoms with van der Waals surface area (Å²) in [7, 11) is 0. The molecule has 4 nitrogen and oxygen atoms in total. The Bertz CT molecular complexity index is 694. The number of thiophene rings is 1. The third-order valence-electron chi connectivity index (χ3n) is 2.82. The lowest BCUT2D eigenvalue weighted by Crippen LogP contribution is -1.98. The average molecular weight is 286 g/mol. The third-order valence-corrected chi connectivity index (χ3v) is 3.71. The van der Waals surface area contributed by atoms with E-state index in [9.17, 15) is 0 Å². The van der Waals surface area contributed by atoms with Gasteiger partial charge >= 0.3 is 0 Å². The molecule has 0 aliphatic heterocycles. The summed E-state index contributed by atoms with van der Waals surface area (Å²) in [5.41, 5.74) is 2.00. The van der Waals surface area contributed by atoms with Crippen molar-refractivity contribution in [3.63, 3.8) is 0 Å². The Morgan fingerprint density at radius 1 is 1.05 bits per heavy atom. The van der Waals surface area contributed by atoms with Crippen LogP contribution in [0.3, 0.4) is 0 Å². The molecule has 2 heterocycles. The van der Waals surface area contributed by atoms with Gasteiger partial charge < -0.3 is 9.47 Å². The van der Waals surface area contributed by atoms with E-state index in [-0.39, 0.29) is 0 Å². The van der Waals surface area contributed by atoms with Crippen LogP contribution in [0.15, 0.2) is 42.0 Å².